The summed E-state index contributed by atoms with van der Waals surface area (Å²) in [5, 5.41) is 0. The zero-order chi connectivity index (χ0) is 21.3. The second-order valence-electron chi connectivity index (χ2n) is 8.03. The fourth-order valence-corrected chi connectivity index (χ4v) is 3.45. The van der Waals surface area contributed by atoms with E-state index in [1.54, 1.807) is 6.26 Å². The zero-order valence-corrected chi connectivity index (χ0v) is 18.5. The van der Waals surface area contributed by atoms with Crippen LogP contribution in [0, 0.1) is 6.92 Å². The Morgan fingerprint density at radius 3 is 2.53 bits per heavy atom. The van der Waals surface area contributed by atoms with Gasteiger partial charge in [0.1, 0.15) is 12.0 Å². The van der Waals surface area contributed by atoms with Gasteiger partial charge < -0.3 is 19.0 Å². The molecule has 0 aliphatic carbocycles. The maximum atomic E-state index is 13.1. The van der Waals surface area contributed by atoms with Crippen molar-refractivity contribution in [1.82, 2.24) is 19.7 Å². The van der Waals surface area contributed by atoms with Gasteiger partial charge in [-0.3, -0.25) is 9.69 Å². The smallest absolute Gasteiger partial charge is 0.237 e. The van der Waals surface area contributed by atoms with Gasteiger partial charge in [0, 0.05) is 39.6 Å². The first-order valence-electron chi connectivity index (χ1n) is 10.8. The van der Waals surface area contributed by atoms with E-state index in [1.807, 2.05) is 36.1 Å². The van der Waals surface area contributed by atoms with Gasteiger partial charge in [0.15, 0.2) is 5.89 Å². The number of oxazole rings is 1. The minimum absolute atomic E-state index is 0.114. The molecule has 0 spiro atoms. The number of unbranched alkanes of at least 4 members (excludes halogenated alkanes) is 1. The summed E-state index contributed by atoms with van der Waals surface area (Å²) in [6.07, 6.45) is 3.80. The lowest BCUT2D eigenvalue weighted by Crippen LogP contribution is -2.48. The number of ether oxygens (including phenoxy) is 1. The van der Waals surface area contributed by atoms with Crippen molar-refractivity contribution < 1.29 is 13.9 Å². The number of piperazine rings is 1. The molecule has 1 amide bonds. The van der Waals surface area contributed by atoms with Crippen LogP contribution in [0.2, 0.25) is 0 Å². The summed E-state index contributed by atoms with van der Waals surface area (Å²) in [7, 11) is 2.12. The Morgan fingerprint density at radius 1 is 1.17 bits per heavy atom. The number of nitrogens with zero attached hydrogens (tertiary/aromatic N) is 4. The van der Waals surface area contributed by atoms with Crippen LogP contribution in [0.25, 0.3) is 0 Å². The highest BCUT2D eigenvalue weighted by atomic mass is 16.5. The molecule has 0 N–H and O–H groups in total. The molecule has 0 unspecified atom stereocenters. The van der Waals surface area contributed by atoms with E-state index >= 15 is 0 Å². The van der Waals surface area contributed by atoms with E-state index in [9.17, 15) is 4.79 Å². The van der Waals surface area contributed by atoms with E-state index in [1.165, 1.54) is 0 Å². The van der Waals surface area contributed by atoms with Gasteiger partial charge in [-0.1, -0.05) is 25.5 Å². The van der Waals surface area contributed by atoms with Gasteiger partial charge in [-0.25, -0.2) is 4.98 Å². The maximum Gasteiger partial charge on any atom is 0.237 e. The van der Waals surface area contributed by atoms with Crippen LogP contribution in [0.15, 0.2) is 34.9 Å². The van der Waals surface area contributed by atoms with Crippen LogP contribution in [0.1, 0.15) is 36.9 Å². The Labute approximate surface area is 179 Å². The van der Waals surface area contributed by atoms with Gasteiger partial charge in [0.05, 0.1) is 25.4 Å². The largest absolute Gasteiger partial charge is 0.494 e. The molecule has 1 aromatic heterocycles. The fourth-order valence-electron chi connectivity index (χ4n) is 3.45. The number of benzene rings is 1. The average molecular weight is 415 g/mol. The fraction of sp³-hybridized carbons (Fsp3) is 0.565. The van der Waals surface area contributed by atoms with Crippen LogP contribution in [0.4, 0.5) is 0 Å². The summed E-state index contributed by atoms with van der Waals surface area (Å²) >= 11 is 0. The maximum absolute atomic E-state index is 13.1. The van der Waals surface area contributed by atoms with Crippen molar-refractivity contribution >= 4 is 5.91 Å². The van der Waals surface area contributed by atoms with Crippen LogP contribution in [0.5, 0.6) is 5.75 Å². The lowest BCUT2D eigenvalue weighted by atomic mass is 10.2. The monoisotopic (exact) mass is 414 g/mol. The number of amides is 1. The molecular formula is C23H34N4O3. The first kappa shape index (κ1) is 22.3. The van der Waals surface area contributed by atoms with Crippen molar-refractivity contribution in [2.24, 2.45) is 0 Å². The van der Waals surface area contributed by atoms with Gasteiger partial charge in [0.25, 0.3) is 0 Å². The third-order valence-corrected chi connectivity index (χ3v) is 5.39. The summed E-state index contributed by atoms with van der Waals surface area (Å²) < 4.78 is 11.1. The molecule has 0 atom stereocenters. The molecule has 1 aromatic carbocycles. The van der Waals surface area contributed by atoms with Crippen LogP contribution >= 0.6 is 0 Å². The molecule has 1 saturated heterocycles. The third-order valence-electron chi connectivity index (χ3n) is 5.39. The number of aromatic nitrogens is 1. The molecular weight excluding hydrogens is 380 g/mol. The van der Waals surface area contributed by atoms with E-state index < -0.39 is 0 Å². The number of aryl methyl sites for hydroxylation is 1. The molecule has 1 aliphatic rings. The molecule has 0 saturated carbocycles. The summed E-state index contributed by atoms with van der Waals surface area (Å²) in [5.41, 5.74) is 1.85. The molecule has 30 heavy (non-hydrogen) atoms. The number of carbonyl (C=O) groups excluding carboxylic acids is 1. The van der Waals surface area contributed by atoms with E-state index in [2.05, 4.69) is 28.8 Å². The highest BCUT2D eigenvalue weighted by Crippen LogP contribution is 2.16. The van der Waals surface area contributed by atoms with Crippen LogP contribution in [-0.4, -0.2) is 72.0 Å². The summed E-state index contributed by atoms with van der Waals surface area (Å²) in [5.74, 6) is 1.60. The van der Waals surface area contributed by atoms with Crippen molar-refractivity contribution in [3.05, 3.63) is 47.7 Å². The molecule has 2 heterocycles. The molecule has 0 radical (unpaired) electrons. The van der Waals surface area contributed by atoms with Gasteiger partial charge >= 0.3 is 0 Å². The number of rotatable bonds is 10. The number of carbonyl (C=O) groups is 1. The molecule has 3 rings (SSSR count). The first-order chi connectivity index (χ1) is 14.5. The Hall–Kier alpha value is -2.38. The predicted octanol–water partition coefficient (Wildman–Crippen LogP) is 2.94. The van der Waals surface area contributed by atoms with E-state index in [0.29, 0.717) is 25.5 Å². The molecule has 1 fully saturated rings. The Kier molecular flexibility index (Phi) is 8.28. The summed E-state index contributed by atoms with van der Waals surface area (Å²) in [6.45, 7) is 9.94. The van der Waals surface area contributed by atoms with Gasteiger partial charge in [-0.15, -0.1) is 0 Å². The average Bonchev–Trinajstić information content (AvgIpc) is 3.15. The molecule has 0 bridgehead atoms. The molecule has 7 nitrogen and oxygen atoms in total. The Bertz CT molecular complexity index is 782. The molecule has 1 aliphatic heterocycles. The SMILES string of the molecule is CCCCOc1ccc(CN(Cc2coc(C)n2)C(=O)CN2CCN(C)CC2)cc1. The zero-order valence-electron chi connectivity index (χ0n) is 18.5. The lowest BCUT2D eigenvalue weighted by Gasteiger charge is -2.33. The van der Waals surface area contributed by atoms with Gasteiger partial charge in [-0.2, -0.15) is 0 Å². The van der Waals surface area contributed by atoms with Gasteiger partial charge in [-0.05, 0) is 31.2 Å². The highest BCUT2D eigenvalue weighted by Gasteiger charge is 2.22. The highest BCUT2D eigenvalue weighted by molar-refractivity contribution is 5.78. The summed E-state index contributed by atoms with van der Waals surface area (Å²) in [6, 6.07) is 8.03. The second kappa shape index (κ2) is 11.1. The normalized spacial score (nSPS) is 15.3. The van der Waals surface area contributed by atoms with Crippen LogP contribution < -0.4 is 4.74 Å². The number of likely N-dealkylation sites (N-methyl/N-ethyl adjacent to an activating group) is 1. The van der Waals surface area contributed by atoms with Crippen LogP contribution in [-0.2, 0) is 17.9 Å². The Morgan fingerprint density at radius 2 is 1.90 bits per heavy atom. The third kappa shape index (κ3) is 6.85. The quantitative estimate of drug-likeness (QED) is 0.557. The molecule has 164 valence electrons. The minimum atomic E-state index is 0.114. The first-order valence-corrected chi connectivity index (χ1v) is 10.8. The van der Waals surface area contributed by atoms with E-state index in [0.717, 1.165) is 62.6 Å². The summed E-state index contributed by atoms with van der Waals surface area (Å²) in [4.78, 5) is 23.9. The van der Waals surface area contributed by atoms with Crippen LogP contribution in [0.3, 0.4) is 0 Å². The van der Waals surface area contributed by atoms with Crippen molar-refractivity contribution in [3.63, 3.8) is 0 Å². The number of hydrogen-bond acceptors (Lipinski definition) is 6. The minimum Gasteiger partial charge on any atom is -0.494 e. The standard InChI is InChI=1S/C23H34N4O3/c1-4-5-14-29-22-8-6-20(7-9-22)15-27(16-21-18-30-19(2)24-21)23(28)17-26-12-10-25(3)11-13-26/h6-9,18H,4-5,10-17H2,1-3H3. The number of hydrogen-bond donors (Lipinski definition) is 0. The molecule has 2 aromatic rings. The van der Waals surface area contributed by atoms with Crippen molar-refractivity contribution in [2.45, 2.75) is 39.8 Å². The second-order valence-corrected chi connectivity index (χ2v) is 8.03. The predicted molar refractivity (Wildman–Crippen MR) is 116 cm³/mol. The van der Waals surface area contributed by atoms with Gasteiger partial charge in [0.2, 0.25) is 5.91 Å². The van der Waals surface area contributed by atoms with Crippen molar-refractivity contribution in [3.8, 4) is 5.75 Å². The van der Waals surface area contributed by atoms with E-state index in [-0.39, 0.29) is 5.91 Å². The van der Waals surface area contributed by atoms with Crippen molar-refractivity contribution in [1.29, 1.82) is 0 Å². The topological polar surface area (TPSA) is 62.1 Å². The van der Waals surface area contributed by atoms with E-state index in [4.69, 9.17) is 9.15 Å². The lowest BCUT2D eigenvalue weighted by molar-refractivity contribution is -0.134. The Balaban J connectivity index is 1.63. The van der Waals surface area contributed by atoms with Crippen molar-refractivity contribution in [2.75, 3.05) is 46.4 Å². The molecule has 7 heteroatoms.